The van der Waals surface area contributed by atoms with Crippen LogP contribution in [-0.2, 0) is 4.74 Å². The molecule has 1 aliphatic heterocycles. The van der Waals surface area contributed by atoms with Crippen LogP contribution in [0.4, 0.5) is 0 Å². The van der Waals surface area contributed by atoms with Crippen LogP contribution in [-0.4, -0.2) is 38.0 Å². The van der Waals surface area contributed by atoms with Crippen LogP contribution in [0.3, 0.4) is 0 Å². The van der Waals surface area contributed by atoms with Gasteiger partial charge in [0.25, 0.3) is 0 Å². The van der Waals surface area contributed by atoms with Gasteiger partial charge in [-0.2, -0.15) is 0 Å². The fourth-order valence-corrected chi connectivity index (χ4v) is 1.30. The fraction of sp³-hybridized carbons (Fsp3) is 1.00. The third kappa shape index (κ3) is 3.09. The first kappa shape index (κ1) is 9.96. The van der Waals surface area contributed by atoms with Gasteiger partial charge in [-0.05, 0) is 19.4 Å². The molecule has 2 N–H and O–H groups in total. The monoisotopic (exact) mass is 173 g/mol. The summed E-state index contributed by atoms with van der Waals surface area (Å²) in [5.74, 6) is 0. The number of hydrogen-bond donors (Lipinski definition) is 2. The molecule has 0 aromatic rings. The number of unbranched alkanes of at least 4 members (excludes halogenated alkanes) is 1. The molecule has 3 heteroatoms. The lowest BCUT2D eigenvalue weighted by Gasteiger charge is -2.38. The lowest BCUT2D eigenvalue weighted by Crippen LogP contribution is -2.47. The lowest BCUT2D eigenvalue weighted by molar-refractivity contribution is -0.0989. The lowest BCUT2D eigenvalue weighted by atomic mass is 9.89. The topological polar surface area (TPSA) is 41.5 Å². The van der Waals surface area contributed by atoms with E-state index >= 15 is 0 Å². The van der Waals surface area contributed by atoms with E-state index in [0.717, 1.165) is 39.1 Å². The second-order valence-corrected chi connectivity index (χ2v) is 3.91. The van der Waals surface area contributed by atoms with Gasteiger partial charge in [0.05, 0.1) is 13.2 Å². The molecule has 0 unspecified atom stereocenters. The smallest absolute Gasteiger partial charge is 0.0554 e. The molecule has 0 saturated carbocycles. The third-order valence-corrected chi connectivity index (χ3v) is 2.21. The first-order valence-electron chi connectivity index (χ1n) is 4.66. The molecule has 0 amide bonds. The Bertz CT molecular complexity index is 124. The second kappa shape index (κ2) is 4.80. The van der Waals surface area contributed by atoms with Crippen LogP contribution in [0.2, 0.25) is 0 Å². The van der Waals surface area contributed by atoms with E-state index in [1.54, 1.807) is 0 Å². The summed E-state index contributed by atoms with van der Waals surface area (Å²) in [6.45, 7) is 6.37. The summed E-state index contributed by atoms with van der Waals surface area (Å²) in [7, 11) is 0. The number of rotatable bonds is 6. The maximum Gasteiger partial charge on any atom is 0.0554 e. The molecule has 1 aliphatic rings. The van der Waals surface area contributed by atoms with Gasteiger partial charge in [-0.1, -0.05) is 6.92 Å². The molecule has 1 heterocycles. The zero-order chi connectivity index (χ0) is 8.86. The van der Waals surface area contributed by atoms with E-state index in [-0.39, 0.29) is 0 Å². The summed E-state index contributed by atoms with van der Waals surface area (Å²) in [5.41, 5.74) is 0.374. The maximum absolute atomic E-state index is 8.54. The van der Waals surface area contributed by atoms with Gasteiger partial charge in [-0.3, -0.25) is 0 Å². The molecule has 0 aromatic carbocycles. The highest BCUT2D eigenvalue weighted by molar-refractivity contribution is 4.82. The standard InChI is InChI=1S/C9H19NO2/c1-9(7-12-8-9)6-10-4-2-3-5-11/h10-11H,2-8H2,1H3. The van der Waals surface area contributed by atoms with Crippen molar-refractivity contribution in [2.45, 2.75) is 19.8 Å². The summed E-state index contributed by atoms with van der Waals surface area (Å²) in [6, 6.07) is 0. The zero-order valence-corrected chi connectivity index (χ0v) is 7.81. The molecule has 0 radical (unpaired) electrons. The number of aliphatic hydroxyl groups excluding tert-OH is 1. The van der Waals surface area contributed by atoms with E-state index in [0.29, 0.717) is 12.0 Å². The average molecular weight is 173 g/mol. The molecule has 0 atom stereocenters. The van der Waals surface area contributed by atoms with Gasteiger partial charge in [-0.25, -0.2) is 0 Å². The van der Waals surface area contributed by atoms with Crippen LogP contribution in [0.15, 0.2) is 0 Å². The molecular weight excluding hydrogens is 154 g/mol. The molecule has 1 saturated heterocycles. The summed E-state index contributed by atoms with van der Waals surface area (Å²) in [4.78, 5) is 0. The van der Waals surface area contributed by atoms with Crippen molar-refractivity contribution in [3.8, 4) is 0 Å². The normalized spacial score (nSPS) is 20.5. The SMILES string of the molecule is CC1(CNCCCCO)COC1. The molecule has 1 rings (SSSR count). The first-order valence-corrected chi connectivity index (χ1v) is 4.66. The maximum atomic E-state index is 8.54. The minimum Gasteiger partial charge on any atom is -0.396 e. The molecule has 1 fully saturated rings. The molecule has 3 nitrogen and oxygen atoms in total. The van der Waals surface area contributed by atoms with Gasteiger partial charge >= 0.3 is 0 Å². The van der Waals surface area contributed by atoms with Crippen molar-refractivity contribution in [3.63, 3.8) is 0 Å². The predicted octanol–water partition coefficient (Wildman–Crippen LogP) is 0.385. The van der Waals surface area contributed by atoms with Crippen molar-refractivity contribution in [2.75, 3.05) is 32.9 Å². The number of ether oxygens (including phenoxy) is 1. The van der Waals surface area contributed by atoms with Crippen molar-refractivity contribution in [1.29, 1.82) is 0 Å². The van der Waals surface area contributed by atoms with Crippen molar-refractivity contribution >= 4 is 0 Å². The van der Waals surface area contributed by atoms with Crippen LogP contribution in [0.25, 0.3) is 0 Å². The Kier molecular flexibility index (Phi) is 3.98. The van der Waals surface area contributed by atoms with Gasteiger partial charge < -0.3 is 15.2 Å². The second-order valence-electron chi connectivity index (χ2n) is 3.91. The summed E-state index contributed by atoms with van der Waals surface area (Å²) in [6.07, 6.45) is 1.97. The predicted molar refractivity (Wildman–Crippen MR) is 48.1 cm³/mol. The summed E-state index contributed by atoms with van der Waals surface area (Å²) in [5, 5.41) is 11.9. The van der Waals surface area contributed by atoms with Gasteiger partial charge in [0.15, 0.2) is 0 Å². The highest BCUT2D eigenvalue weighted by Gasteiger charge is 2.32. The van der Waals surface area contributed by atoms with E-state index in [2.05, 4.69) is 12.2 Å². The number of aliphatic hydroxyl groups is 1. The highest BCUT2D eigenvalue weighted by atomic mass is 16.5. The van der Waals surface area contributed by atoms with Crippen LogP contribution in [0.1, 0.15) is 19.8 Å². The highest BCUT2D eigenvalue weighted by Crippen LogP contribution is 2.24. The molecule has 12 heavy (non-hydrogen) atoms. The summed E-state index contributed by atoms with van der Waals surface area (Å²) >= 11 is 0. The van der Waals surface area contributed by atoms with E-state index in [1.807, 2.05) is 0 Å². The van der Waals surface area contributed by atoms with E-state index in [1.165, 1.54) is 0 Å². The minimum atomic E-state index is 0.308. The van der Waals surface area contributed by atoms with Crippen LogP contribution in [0.5, 0.6) is 0 Å². The van der Waals surface area contributed by atoms with Gasteiger partial charge in [0, 0.05) is 18.6 Å². The van der Waals surface area contributed by atoms with Crippen molar-refractivity contribution in [1.82, 2.24) is 5.32 Å². The van der Waals surface area contributed by atoms with Crippen LogP contribution < -0.4 is 5.32 Å². The average Bonchev–Trinajstić information content (AvgIpc) is 2.01. The molecule has 72 valence electrons. The quantitative estimate of drug-likeness (QED) is 0.571. The Labute approximate surface area is 74.1 Å². The fourth-order valence-electron chi connectivity index (χ4n) is 1.30. The van der Waals surface area contributed by atoms with E-state index in [9.17, 15) is 0 Å². The van der Waals surface area contributed by atoms with E-state index in [4.69, 9.17) is 9.84 Å². The van der Waals surface area contributed by atoms with Crippen molar-refractivity contribution in [2.24, 2.45) is 5.41 Å². The van der Waals surface area contributed by atoms with Crippen LogP contribution in [0, 0.1) is 5.41 Å². The third-order valence-electron chi connectivity index (χ3n) is 2.21. The van der Waals surface area contributed by atoms with Crippen molar-refractivity contribution < 1.29 is 9.84 Å². The van der Waals surface area contributed by atoms with Gasteiger partial charge in [0.1, 0.15) is 0 Å². The Hall–Kier alpha value is -0.120. The Morgan fingerprint density at radius 3 is 2.67 bits per heavy atom. The van der Waals surface area contributed by atoms with Crippen molar-refractivity contribution in [3.05, 3.63) is 0 Å². The molecular formula is C9H19NO2. The Balaban J connectivity index is 1.88. The van der Waals surface area contributed by atoms with Crippen LogP contribution >= 0.6 is 0 Å². The molecule has 0 aliphatic carbocycles. The van der Waals surface area contributed by atoms with Gasteiger partial charge in [-0.15, -0.1) is 0 Å². The Morgan fingerprint density at radius 1 is 1.42 bits per heavy atom. The molecule has 0 bridgehead atoms. The minimum absolute atomic E-state index is 0.308. The number of nitrogens with one attached hydrogen (secondary N) is 1. The first-order chi connectivity index (χ1) is 5.77. The largest absolute Gasteiger partial charge is 0.396 e. The Morgan fingerprint density at radius 2 is 2.17 bits per heavy atom. The molecule has 0 aromatic heterocycles. The summed E-state index contributed by atoms with van der Waals surface area (Å²) < 4.78 is 5.14. The van der Waals surface area contributed by atoms with E-state index < -0.39 is 0 Å². The molecule has 0 spiro atoms. The number of hydrogen-bond acceptors (Lipinski definition) is 3. The zero-order valence-electron chi connectivity index (χ0n) is 7.81. The van der Waals surface area contributed by atoms with Gasteiger partial charge in [0.2, 0.25) is 0 Å².